The Bertz CT molecular complexity index is 3740. The molecule has 818 valence electrons. The summed E-state index contributed by atoms with van der Waals surface area (Å²) in [5.41, 5.74) is 11.7. The van der Waals surface area contributed by atoms with Crippen molar-refractivity contribution in [2.45, 2.75) is 320 Å². The van der Waals surface area contributed by atoms with Gasteiger partial charge in [-0.1, -0.05) is 137 Å². The fourth-order valence-corrected chi connectivity index (χ4v) is 95.1. The molecule has 8 aliphatic carbocycles. The van der Waals surface area contributed by atoms with Crippen LogP contribution in [0.5, 0.6) is 0 Å². The van der Waals surface area contributed by atoms with Crippen LogP contribution in [0.25, 0.3) is 0 Å². The van der Waals surface area contributed by atoms with Crippen LogP contribution in [0.2, 0.25) is 184 Å². The highest BCUT2D eigenvalue weighted by Gasteiger charge is 2.60. The second-order valence-electron chi connectivity index (χ2n) is 45.1. The summed E-state index contributed by atoms with van der Waals surface area (Å²) in [5, 5.41) is 2.53. The van der Waals surface area contributed by atoms with E-state index in [1.807, 2.05) is 117 Å². The Balaban J connectivity index is 0.000000412. The molecule has 9 unspecified atom stereocenters. The van der Waals surface area contributed by atoms with Gasteiger partial charge in [0.25, 0.3) is 0 Å². The topological polar surface area (TPSA) is 234 Å². The largest absolute Gasteiger partial charge is 0.421 e. The first-order valence-electron chi connectivity index (χ1n) is 51.6. The molecule has 1 heterocycles. The highest BCUT2D eigenvalue weighted by Crippen LogP contribution is 2.58. The number of allylic oxidation sites excluding steroid dienone is 11. The van der Waals surface area contributed by atoms with Crippen LogP contribution < -0.4 is 5.19 Å². The number of ether oxygens (including phenoxy) is 1. The maximum absolute atomic E-state index is 6.03. The molecule has 9 atom stereocenters. The molecule has 10 rings (SSSR count). The van der Waals surface area contributed by atoms with E-state index in [0.29, 0.717) is 46.2 Å². The molecule has 1 aliphatic heterocycles. The second kappa shape index (κ2) is 61.9. The van der Waals surface area contributed by atoms with E-state index < -0.39 is 135 Å². The first kappa shape index (κ1) is 134. The third-order valence-electron chi connectivity index (χ3n) is 32.1. The summed E-state index contributed by atoms with van der Waals surface area (Å²) >= 11 is 0. The molecule has 9 aliphatic rings. The molecule has 0 amide bonds. The summed E-state index contributed by atoms with van der Waals surface area (Å²) in [5.74, 6) is 4.68. The van der Waals surface area contributed by atoms with Crippen LogP contribution in [0.15, 0.2) is 102 Å². The molecule has 0 aromatic heterocycles. The minimum Gasteiger partial charge on any atom is -0.421 e. The highest BCUT2D eigenvalue weighted by atomic mass is 28.4. The second-order valence-corrected chi connectivity index (χ2v) is 113. The normalized spacial score (nSPS) is 22.1. The molecule has 6 fully saturated rings. The number of benzene rings is 1. The van der Waals surface area contributed by atoms with Gasteiger partial charge in [-0.15, -0.1) is 6.58 Å². The Labute approximate surface area is 872 Å². The van der Waals surface area contributed by atoms with E-state index in [4.69, 9.17) is 111 Å². The van der Waals surface area contributed by atoms with Gasteiger partial charge < -0.3 is 111 Å². The zero-order chi connectivity index (χ0) is 106. The maximum Gasteiger partial charge on any atom is 0.371 e. The summed E-state index contributed by atoms with van der Waals surface area (Å²) in [6, 6.07) is 12.1. The minimum absolute atomic E-state index is 0.310. The predicted molar refractivity (Wildman–Crippen MR) is 616 cm³/mol. The van der Waals surface area contributed by atoms with Crippen LogP contribution in [0, 0.1) is 35.5 Å². The third kappa shape index (κ3) is 40.9. The number of hydrogen-bond donors (Lipinski definition) is 0. The number of rotatable bonds is 52. The summed E-state index contributed by atoms with van der Waals surface area (Å²) in [4.78, 5) is 0. The van der Waals surface area contributed by atoms with Gasteiger partial charge >= 0.3 is 68.5 Å². The van der Waals surface area contributed by atoms with Crippen molar-refractivity contribution in [3.8, 4) is 0 Å². The number of hydrogen-bond acceptors (Lipinski definition) is 25. The zero-order valence-corrected chi connectivity index (χ0v) is 113. The maximum atomic E-state index is 6.03. The van der Waals surface area contributed by atoms with Gasteiger partial charge in [0.05, 0.1) is 12.2 Å². The van der Waals surface area contributed by atoms with Gasteiger partial charge in [0.15, 0.2) is 66.5 Å². The standard InChI is InChI=1S/C15H30O3Si2.C14H30O4Si2.C13H28O3Si2.C13H26O3Si2.C12H28O3Si2.C12H22O3Si2.C11H22O3Si2.C9H22O3Si2/c1-13(2)14-8-10-15(11-9-14)20(17-4,18-5)12-19(6,7)16-3;1-15-19(4,5)11-20(16-2,17-3)9-8-12-6-7-13-14(10-12)18-13;2*1-14-17(4,5)10-18(15-2,16-3)13-9-11-6-7-12(13)8-11;2*1-13-16(4,5)11-17(14-2,15-3)12-9-7-6-8-10-12;1-12-15(4,5)10-16(13-2,14-3)11-8-6-7-9-11;1-7-8-14(11-3,12-4)9-13(5,6)10-2/h8,10,13H,9,11-12H2,1-7H3;12-14H,6-11H2,1-5H3;11-13H,6-10H2,1-5H3;6-7,11-13H,8-10H2,1-5H3;12H,6-11H2,1-5H3;6-10H,11H2,1-5H3;6-9,11H,10H2,1-5H3;7H,1,8-9H2,2-6H3. The van der Waals surface area contributed by atoms with Crippen LogP contribution in [-0.2, 0) is 111 Å². The average Bonchev–Trinajstić information content (AvgIpc) is 1.63. The van der Waals surface area contributed by atoms with Gasteiger partial charge in [-0.25, -0.2) is 0 Å². The van der Waals surface area contributed by atoms with Crippen LogP contribution in [-0.4, -0.2) is 318 Å². The Morgan fingerprint density at radius 2 is 0.764 bits per heavy atom. The summed E-state index contributed by atoms with van der Waals surface area (Å²) < 4.78 is 145. The fraction of sp³-hybridized carbons (Fsp3) is 0.818. The van der Waals surface area contributed by atoms with Gasteiger partial charge in [-0.2, -0.15) is 0 Å². The predicted octanol–water partition coefficient (Wildman–Crippen LogP) is 23.8. The smallest absolute Gasteiger partial charge is 0.371 e. The van der Waals surface area contributed by atoms with Crippen molar-refractivity contribution in [3.63, 3.8) is 0 Å². The van der Waals surface area contributed by atoms with Crippen LogP contribution in [0.3, 0.4) is 0 Å². The van der Waals surface area contributed by atoms with E-state index in [2.05, 4.69) is 186 Å². The molecule has 4 bridgehead atoms. The lowest BCUT2D eigenvalue weighted by Crippen LogP contribution is -2.57. The summed E-state index contributed by atoms with van der Waals surface area (Å²) in [7, 11) is 12.5. The molecule has 1 saturated heterocycles. The minimum atomic E-state index is -2.34. The van der Waals surface area contributed by atoms with E-state index in [1.165, 1.54) is 112 Å². The van der Waals surface area contributed by atoms with Crippen LogP contribution in [0.4, 0.5) is 0 Å². The van der Waals surface area contributed by atoms with Gasteiger partial charge in [-0.05, 0) is 234 Å². The van der Waals surface area contributed by atoms with Gasteiger partial charge in [0.2, 0.25) is 0 Å². The first-order valence-corrected chi connectivity index (χ1v) is 93.4. The Morgan fingerprint density at radius 3 is 1.12 bits per heavy atom. The Kier molecular flexibility index (Phi) is 59.3. The number of epoxide rings is 1. The first-order chi connectivity index (χ1) is 65.6. The lowest BCUT2D eigenvalue weighted by atomic mass is 9.88. The summed E-state index contributed by atoms with van der Waals surface area (Å²) in [6.07, 6.45) is 42.7. The number of fused-ring (bicyclic) bond motifs is 5. The van der Waals surface area contributed by atoms with Crippen molar-refractivity contribution in [2.24, 2.45) is 35.5 Å². The molecule has 1 aromatic rings. The van der Waals surface area contributed by atoms with E-state index in [9.17, 15) is 0 Å². The van der Waals surface area contributed by atoms with Crippen molar-refractivity contribution in [2.75, 3.05) is 171 Å². The van der Waals surface area contributed by atoms with Crippen LogP contribution >= 0.6 is 0 Å². The van der Waals surface area contributed by atoms with Crippen LogP contribution in [0.1, 0.15) is 123 Å². The Morgan fingerprint density at radius 1 is 0.350 bits per heavy atom. The highest BCUT2D eigenvalue weighted by molar-refractivity contribution is 6.95. The molecule has 140 heavy (non-hydrogen) atoms. The summed E-state index contributed by atoms with van der Waals surface area (Å²) in [6.45, 7) is 43.9. The average molecular weight is 2250 g/mol. The lowest BCUT2D eigenvalue weighted by Gasteiger charge is -2.40. The lowest BCUT2D eigenvalue weighted by molar-refractivity contribution is 0.215. The molecule has 1 aromatic carbocycles. The molecule has 0 spiro atoms. The van der Waals surface area contributed by atoms with Gasteiger partial charge in [0.1, 0.15) is 0 Å². The van der Waals surface area contributed by atoms with Gasteiger partial charge in [0, 0.05) is 244 Å². The molecule has 25 nitrogen and oxygen atoms in total. The molecule has 0 N–H and O–H groups in total. The zero-order valence-electron chi connectivity index (χ0n) is 96.5. The third-order valence-corrected chi connectivity index (χ3v) is 107. The van der Waals surface area contributed by atoms with E-state index in [0.717, 1.165) is 93.9 Å². The van der Waals surface area contributed by atoms with Crippen molar-refractivity contribution in [1.82, 2.24) is 0 Å². The van der Waals surface area contributed by atoms with Crippen molar-refractivity contribution >= 4 is 140 Å². The quantitative estimate of drug-likeness (QED) is 0.0335. The van der Waals surface area contributed by atoms with Crippen molar-refractivity contribution in [3.05, 3.63) is 102 Å². The molecular weight excluding hydrogens is 2040 g/mol. The molecule has 5 saturated carbocycles. The van der Waals surface area contributed by atoms with E-state index >= 15 is 0 Å². The fourth-order valence-electron chi connectivity index (χ4n) is 22.0. The van der Waals surface area contributed by atoms with Gasteiger partial charge in [-0.3, -0.25) is 0 Å². The van der Waals surface area contributed by atoms with E-state index in [1.54, 1.807) is 78.2 Å². The SMILES string of the molecule is C=CC[Si](C[Si](C)(C)OC)(OC)OC.CO[Si](C)(C)C[Si](CCC1CCC2OC2C1)(OC)OC.CO[Si](C)(C)C[Si](OC)(OC)C1=CC=C(C(C)C)CC1.CO[Si](C)(C)C[Si](OC)(OC)C1C=CC=C1.CO[Si](C)(C)C[Si](OC)(OC)C1CC2C=CC1C2.CO[Si](C)(C)C[Si](OC)(OC)C1CC2CCC1C2.CO[Si](C)(C)C[Si](OC)(OC)C1CCCCC1.CO[Si](C)(C)C[Si](OC)(OC)c1ccccc1. The van der Waals surface area contributed by atoms with Crippen molar-refractivity contribution < 1.29 is 111 Å². The monoisotopic (exact) mass is 2250 g/mol. The Hall–Kier alpha value is 0.130. The van der Waals surface area contributed by atoms with E-state index in [-0.39, 0.29) is 0 Å². The molecular formula is C99H208O25Si16. The van der Waals surface area contributed by atoms with Crippen molar-refractivity contribution in [1.29, 1.82) is 0 Å². The molecule has 0 radical (unpaired) electrons. The molecule has 41 heteroatoms.